The molecule has 1 fully saturated rings. The van der Waals surface area contributed by atoms with Crippen LogP contribution >= 0.6 is 0 Å². The summed E-state index contributed by atoms with van der Waals surface area (Å²) in [4.78, 5) is 0. The van der Waals surface area contributed by atoms with Gasteiger partial charge in [0.1, 0.15) is 0 Å². The molecule has 2 N–H and O–H groups in total. The molecular formula is C7H16N2O. The summed E-state index contributed by atoms with van der Waals surface area (Å²) in [6.07, 6.45) is 0. The van der Waals surface area contributed by atoms with Crippen LogP contribution in [-0.4, -0.2) is 38.9 Å². The number of hydrogen-bond acceptors (Lipinski definition) is 3. The molecule has 1 aliphatic rings. The first-order chi connectivity index (χ1) is 4.83. The lowest BCUT2D eigenvalue weighted by Crippen LogP contribution is -2.54. The Morgan fingerprint density at radius 2 is 2.20 bits per heavy atom. The van der Waals surface area contributed by atoms with Crippen LogP contribution in [0.1, 0.15) is 6.92 Å². The molecule has 0 bridgehead atoms. The summed E-state index contributed by atoms with van der Waals surface area (Å²) >= 11 is 0. The smallest absolute Gasteiger partial charge is 0.0628 e. The van der Waals surface area contributed by atoms with E-state index in [2.05, 4.69) is 17.6 Å². The topological polar surface area (TPSA) is 33.3 Å². The molecule has 0 aromatic heterocycles. The zero-order chi connectivity index (χ0) is 7.40. The third-order valence-electron chi connectivity index (χ3n) is 1.79. The van der Waals surface area contributed by atoms with Crippen LogP contribution in [0, 0.1) is 0 Å². The largest absolute Gasteiger partial charge is 0.383 e. The average molecular weight is 144 g/mol. The fourth-order valence-corrected chi connectivity index (χ4v) is 1.15. The quantitative estimate of drug-likeness (QED) is 0.552. The minimum atomic E-state index is 0.501. The molecule has 2 atom stereocenters. The molecule has 1 saturated heterocycles. The van der Waals surface area contributed by atoms with Gasteiger partial charge in [-0.1, -0.05) is 0 Å². The van der Waals surface area contributed by atoms with E-state index in [9.17, 15) is 0 Å². The number of hydrogen-bond donors (Lipinski definition) is 2. The summed E-state index contributed by atoms with van der Waals surface area (Å²) in [6, 6.07) is 1.11. The van der Waals surface area contributed by atoms with Gasteiger partial charge in [-0.2, -0.15) is 0 Å². The molecule has 3 heteroatoms. The summed E-state index contributed by atoms with van der Waals surface area (Å²) < 4.78 is 5.01. The third-order valence-corrected chi connectivity index (χ3v) is 1.79. The summed E-state index contributed by atoms with van der Waals surface area (Å²) in [5, 5.41) is 6.76. The van der Waals surface area contributed by atoms with Gasteiger partial charge in [0.25, 0.3) is 0 Å². The molecule has 60 valence electrons. The van der Waals surface area contributed by atoms with Crippen LogP contribution in [0.25, 0.3) is 0 Å². The number of piperazine rings is 1. The molecule has 1 aliphatic heterocycles. The first kappa shape index (κ1) is 7.98. The summed E-state index contributed by atoms with van der Waals surface area (Å²) in [5.41, 5.74) is 0. The molecule has 0 unspecified atom stereocenters. The molecule has 0 aliphatic carbocycles. The van der Waals surface area contributed by atoms with E-state index in [1.54, 1.807) is 7.11 Å². The Kier molecular flexibility index (Phi) is 3.12. The van der Waals surface area contributed by atoms with Gasteiger partial charge in [-0.3, -0.25) is 0 Å². The van der Waals surface area contributed by atoms with Gasteiger partial charge < -0.3 is 15.4 Å². The molecule has 1 rings (SSSR count). The van der Waals surface area contributed by atoms with Crippen LogP contribution in [0.4, 0.5) is 0 Å². The molecule has 10 heavy (non-hydrogen) atoms. The zero-order valence-corrected chi connectivity index (χ0v) is 6.68. The van der Waals surface area contributed by atoms with Crippen molar-refractivity contribution < 1.29 is 4.74 Å². The first-order valence-electron chi connectivity index (χ1n) is 3.78. The number of ether oxygens (including phenoxy) is 1. The highest BCUT2D eigenvalue weighted by atomic mass is 16.5. The van der Waals surface area contributed by atoms with Gasteiger partial charge in [-0.05, 0) is 6.92 Å². The minimum Gasteiger partial charge on any atom is -0.383 e. The summed E-state index contributed by atoms with van der Waals surface area (Å²) in [7, 11) is 1.74. The van der Waals surface area contributed by atoms with E-state index < -0.39 is 0 Å². The second-order valence-corrected chi connectivity index (χ2v) is 2.87. The lowest BCUT2D eigenvalue weighted by molar-refractivity contribution is 0.153. The van der Waals surface area contributed by atoms with E-state index >= 15 is 0 Å². The molecule has 0 aromatic carbocycles. The van der Waals surface area contributed by atoms with Crippen LogP contribution in [0.2, 0.25) is 0 Å². The Bertz CT molecular complexity index is 89.6. The van der Waals surface area contributed by atoms with Crippen LogP contribution in [0.15, 0.2) is 0 Å². The van der Waals surface area contributed by atoms with Crippen molar-refractivity contribution in [2.24, 2.45) is 0 Å². The number of methoxy groups -OCH3 is 1. The second kappa shape index (κ2) is 3.91. The predicted molar refractivity (Wildman–Crippen MR) is 41.1 cm³/mol. The monoisotopic (exact) mass is 144 g/mol. The van der Waals surface area contributed by atoms with Gasteiger partial charge in [-0.25, -0.2) is 0 Å². The summed E-state index contributed by atoms with van der Waals surface area (Å²) in [6.45, 7) is 5.05. The highest BCUT2D eigenvalue weighted by molar-refractivity contribution is 4.79. The van der Waals surface area contributed by atoms with Crippen molar-refractivity contribution in [2.45, 2.75) is 19.0 Å². The van der Waals surface area contributed by atoms with E-state index in [1.807, 2.05) is 0 Å². The van der Waals surface area contributed by atoms with E-state index in [0.717, 1.165) is 19.7 Å². The lowest BCUT2D eigenvalue weighted by atomic mass is 10.2. The van der Waals surface area contributed by atoms with Crippen LogP contribution in [0.5, 0.6) is 0 Å². The van der Waals surface area contributed by atoms with Gasteiger partial charge in [0, 0.05) is 32.3 Å². The SMILES string of the molecule is COC[C@H]1CN[C@H](C)CN1. The highest BCUT2D eigenvalue weighted by Gasteiger charge is 2.15. The lowest BCUT2D eigenvalue weighted by Gasteiger charge is -2.28. The average Bonchev–Trinajstić information content (AvgIpc) is 1.95. The fourth-order valence-electron chi connectivity index (χ4n) is 1.15. The van der Waals surface area contributed by atoms with Crippen LogP contribution < -0.4 is 10.6 Å². The third kappa shape index (κ3) is 2.25. The summed E-state index contributed by atoms with van der Waals surface area (Å²) in [5.74, 6) is 0. The first-order valence-corrected chi connectivity index (χ1v) is 3.78. The van der Waals surface area contributed by atoms with Crippen molar-refractivity contribution in [1.82, 2.24) is 10.6 Å². The molecule has 1 heterocycles. The molecule has 0 radical (unpaired) electrons. The van der Waals surface area contributed by atoms with Gasteiger partial charge in [0.2, 0.25) is 0 Å². The Balaban J connectivity index is 2.13. The Labute approximate surface area is 62.1 Å². The van der Waals surface area contributed by atoms with Gasteiger partial charge in [0.15, 0.2) is 0 Å². The Morgan fingerprint density at radius 3 is 2.70 bits per heavy atom. The molecule has 0 amide bonds. The predicted octanol–water partition coefficient (Wildman–Crippen LogP) is -0.417. The Hall–Kier alpha value is -0.120. The molecule has 3 nitrogen and oxygen atoms in total. The van der Waals surface area contributed by atoms with E-state index in [0.29, 0.717) is 12.1 Å². The van der Waals surface area contributed by atoms with E-state index in [-0.39, 0.29) is 0 Å². The molecular weight excluding hydrogens is 128 g/mol. The van der Waals surface area contributed by atoms with Gasteiger partial charge in [-0.15, -0.1) is 0 Å². The highest BCUT2D eigenvalue weighted by Crippen LogP contribution is 1.92. The van der Waals surface area contributed by atoms with Crippen molar-refractivity contribution in [3.63, 3.8) is 0 Å². The van der Waals surface area contributed by atoms with Crippen molar-refractivity contribution in [2.75, 3.05) is 26.8 Å². The number of nitrogens with one attached hydrogen (secondary N) is 2. The Morgan fingerprint density at radius 1 is 1.40 bits per heavy atom. The fraction of sp³-hybridized carbons (Fsp3) is 1.00. The minimum absolute atomic E-state index is 0.501. The van der Waals surface area contributed by atoms with E-state index in [1.165, 1.54) is 0 Å². The van der Waals surface area contributed by atoms with Crippen LogP contribution in [-0.2, 0) is 4.74 Å². The molecule has 0 spiro atoms. The second-order valence-electron chi connectivity index (χ2n) is 2.87. The van der Waals surface area contributed by atoms with Crippen LogP contribution in [0.3, 0.4) is 0 Å². The van der Waals surface area contributed by atoms with Gasteiger partial charge in [0.05, 0.1) is 6.61 Å². The number of rotatable bonds is 2. The maximum Gasteiger partial charge on any atom is 0.0628 e. The van der Waals surface area contributed by atoms with Crippen molar-refractivity contribution >= 4 is 0 Å². The van der Waals surface area contributed by atoms with Crippen molar-refractivity contribution in [1.29, 1.82) is 0 Å². The maximum absolute atomic E-state index is 5.01. The zero-order valence-electron chi connectivity index (χ0n) is 6.68. The standard InChI is InChI=1S/C7H16N2O/c1-6-3-9-7(4-8-6)5-10-2/h6-9H,3-5H2,1-2H3/t6-,7-/m1/s1. The van der Waals surface area contributed by atoms with Crippen molar-refractivity contribution in [3.05, 3.63) is 0 Å². The molecule has 0 saturated carbocycles. The normalized spacial score (nSPS) is 34.2. The van der Waals surface area contributed by atoms with Crippen molar-refractivity contribution in [3.8, 4) is 0 Å². The molecule has 0 aromatic rings. The van der Waals surface area contributed by atoms with E-state index in [4.69, 9.17) is 4.74 Å². The maximum atomic E-state index is 5.01. The van der Waals surface area contributed by atoms with Gasteiger partial charge >= 0.3 is 0 Å².